The molecule has 4 aromatic carbocycles. The molecule has 7 rings (SSSR count). The second-order valence-corrected chi connectivity index (χ2v) is 10.3. The van der Waals surface area contributed by atoms with E-state index in [1.807, 2.05) is 60.7 Å². The van der Waals surface area contributed by atoms with Gasteiger partial charge < -0.3 is 28.6 Å². The number of ether oxygens (including phenoxy) is 5. The van der Waals surface area contributed by atoms with Crippen molar-refractivity contribution in [2.45, 2.75) is 25.2 Å². The predicted octanol–water partition coefficient (Wildman–Crippen LogP) is 5.54. The molecule has 1 aliphatic carbocycles. The highest BCUT2D eigenvalue weighted by atomic mass is 17.2. The van der Waals surface area contributed by atoms with Gasteiger partial charge in [0.2, 0.25) is 0 Å². The highest BCUT2D eigenvalue weighted by molar-refractivity contribution is 5.91. The molecule has 2 aliphatic heterocycles. The molecule has 2 fully saturated rings. The third-order valence-electron chi connectivity index (χ3n) is 7.11. The van der Waals surface area contributed by atoms with Crippen molar-refractivity contribution in [3.05, 3.63) is 107 Å². The van der Waals surface area contributed by atoms with Crippen LogP contribution in [0.5, 0.6) is 23.0 Å². The monoisotopic (exact) mass is 552 g/mol. The molecule has 3 aliphatic rings. The second-order valence-electron chi connectivity index (χ2n) is 10.3. The zero-order valence-corrected chi connectivity index (χ0v) is 22.2. The Kier molecular flexibility index (Phi) is 7.02. The molecule has 2 unspecified atom stereocenters. The molecule has 4 aromatic rings. The third kappa shape index (κ3) is 6.36. The summed E-state index contributed by atoms with van der Waals surface area (Å²) in [6.45, 7) is 2.92. The van der Waals surface area contributed by atoms with Crippen molar-refractivity contribution in [1.29, 1.82) is 0 Å². The first-order valence-corrected chi connectivity index (χ1v) is 13.6. The van der Waals surface area contributed by atoms with Gasteiger partial charge in [0.1, 0.15) is 49.3 Å². The van der Waals surface area contributed by atoms with Gasteiger partial charge in [-0.1, -0.05) is 24.3 Å². The second kappa shape index (κ2) is 11.2. The Balaban J connectivity index is 0.919. The number of benzene rings is 4. The van der Waals surface area contributed by atoms with Gasteiger partial charge in [-0.3, -0.25) is 0 Å². The fourth-order valence-corrected chi connectivity index (χ4v) is 4.69. The summed E-state index contributed by atoms with van der Waals surface area (Å²) in [5.74, 6) is 2.22. The summed E-state index contributed by atoms with van der Waals surface area (Å²) >= 11 is 0. The van der Waals surface area contributed by atoms with E-state index in [-0.39, 0.29) is 12.2 Å². The standard InChI is InChI=1S/C33H28O8/c34-33(22-3-7-26(8-4-22)36-18-30-20-38-30)40-27-9-11-31-23(14-27)13-24-15-28(10-12-32(24)31)41-39-16-21-1-5-25(6-2-21)35-17-29-19-37-29/h1-12,14-15,29-30H,13,16-20H2. The maximum absolute atomic E-state index is 12.7. The Morgan fingerprint density at radius 1 is 0.683 bits per heavy atom. The molecule has 8 nitrogen and oxygen atoms in total. The summed E-state index contributed by atoms with van der Waals surface area (Å²) in [7, 11) is 0. The molecule has 2 saturated heterocycles. The molecule has 208 valence electrons. The van der Waals surface area contributed by atoms with Gasteiger partial charge in [0.25, 0.3) is 0 Å². The number of carbonyl (C=O) groups excluding carboxylic acids is 1. The van der Waals surface area contributed by atoms with E-state index in [4.69, 9.17) is 33.5 Å². The van der Waals surface area contributed by atoms with Crippen LogP contribution >= 0.6 is 0 Å². The summed E-state index contributed by atoms with van der Waals surface area (Å²) in [5.41, 5.74) is 5.89. The van der Waals surface area contributed by atoms with Gasteiger partial charge in [-0.05, 0) is 94.9 Å². The van der Waals surface area contributed by atoms with Crippen LogP contribution in [0.25, 0.3) is 11.1 Å². The summed E-state index contributed by atoms with van der Waals surface area (Å²) in [5, 5.41) is 0. The lowest BCUT2D eigenvalue weighted by Crippen LogP contribution is -2.09. The molecule has 2 atom stereocenters. The molecule has 41 heavy (non-hydrogen) atoms. The number of rotatable bonds is 12. The minimum atomic E-state index is -0.416. The van der Waals surface area contributed by atoms with Crippen LogP contribution in [0.15, 0.2) is 84.9 Å². The summed E-state index contributed by atoms with van der Waals surface area (Å²) < 4.78 is 27.3. The van der Waals surface area contributed by atoms with E-state index in [2.05, 4.69) is 0 Å². The fourth-order valence-electron chi connectivity index (χ4n) is 4.69. The van der Waals surface area contributed by atoms with Crippen LogP contribution in [-0.2, 0) is 27.4 Å². The molecule has 0 aromatic heterocycles. The van der Waals surface area contributed by atoms with Crippen LogP contribution in [0.3, 0.4) is 0 Å². The van der Waals surface area contributed by atoms with Gasteiger partial charge in [0, 0.05) is 0 Å². The van der Waals surface area contributed by atoms with Crippen LogP contribution in [0.2, 0.25) is 0 Å². The lowest BCUT2D eigenvalue weighted by Gasteiger charge is -2.09. The van der Waals surface area contributed by atoms with Crippen LogP contribution in [0.1, 0.15) is 27.0 Å². The zero-order chi connectivity index (χ0) is 27.6. The van der Waals surface area contributed by atoms with Gasteiger partial charge in [-0.15, -0.1) is 0 Å². The third-order valence-corrected chi connectivity index (χ3v) is 7.11. The van der Waals surface area contributed by atoms with E-state index >= 15 is 0 Å². The lowest BCUT2D eigenvalue weighted by molar-refractivity contribution is -0.217. The zero-order valence-electron chi connectivity index (χ0n) is 22.2. The maximum Gasteiger partial charge on any atom is 0.343 e. The van der Waals surface area contributed by atoms with E-state index in [0.717, 1.165) is 46.8 Å². The number of hydrogen-bond donors (Lipinski definition) is 0. The fraction of sp³-hybridized carbons (Fsp3) is 0.242. The van der Waals surface area contributed by atoms with Crippen LogP contribution in [0, 0.1) is 0 Å². The van der Waals surface area contributed by atoms with Crippen LogP contribution in [-0.4, -0.2) is 44.6 Å². The van der Waals surface area contributed by atoms with Gasteiger partial charge in [-0.25, -0.2) is 4.79 Å². The quantitative estimate of drug-likeness (QED) is 0.0655. The highest BCUT2D eigenvalue weighted by Crippen LogP contribution is 2.40. The average Bonchev–Trinajstić information content (AvgIpc) is 3.93. The number of fused-ring (bicyclic) bond motifs is 3. The smallest absolute Gasteiger partial charge is 0.343 e. The predicted molar refractivity (Wildman–Crippen MR) is 148 cm³/mol. The minimum Gasteiger partial charge on any atom is -0.491 e. The molecule has 2 heterocycles. The molecule has 0 radical (unpaired) electrons. The molecule has 0 bridgehead atoms. The summed E-state index contributed by atoms with van der Waals surface area (Å²) in [6.07, 6.45) is 1.12. The van der Waals surface area contributed by atoms with Crippen molar-refractivity contribution in [2.75, 3.05) is 26.4 Å². The Morgan fingerprint density at radius 2 is 1.22 bits per heavy atom. The van der Waals surface area contributed by atoms with Gasteiger partial charge in [0.05, 0.1) is 18.8 Å². The summed E-state index contributed by atoms with van der Waals surface area (Å²) in [6, 6.07) is 26.3. The van der Waals surface area contributed by atoms with Crippen molar-refractivity contribution in [1.82, 2.24) is 0 Å². The topological polar surface area (TPSA) is 88.3 Å². The molecule has 0 N–H and O–H groups in total. The number of carbonyl (C=O) groups is 1. The lowest BCUT2D eigenvalue weighted by atomic mass is 10.1. The Labute approximate surface area is 237 Å². The van der Waals surface area contributed by atoms with Crippen molar-refractivity contribution in [2.24, 2.45) is 0 Å². The largest absolute Gasteiger partial charge is 0.491 e. The van der Waals surface area contributed by atoms with Crippen molar-refractivity contribution < 1.29 is 38.3 Å². The Bertz CT molecular complexity index is 1540. The normalized spacial score (nSPS) is 17.8. The van der Waals surface area contributed by atoms with Crippen molar-refractivity contribution in [3.8, 4) is 34.1 Å². The Hall–Kier alpha value is -4.37. The summed E-state index contributed by atoms with van der Waals surface area (Å²) in [4.78, 5) is 23.8. The first-order chi connectivity index (χ1) is 20.2. The first kappa shape index (κ1) is 25.6. The van der Waals surface area contributed by atoms with Crippen LogP contribution in [0.4, 0.5) is 0 Å². The molecular formula is C33H28O8. The van der Waals surface area contributed by atoms with E-state index < -0.39 is 5.97 Å². The average molecular weight is 553 g/mol. The van der Waals surface area contributed by atoms with Crippen molar-refractivity contribution >= 4 is 5.97 Å². The highest BCUT2D eigenvalue weighted by Gasteiger charge is 2.24. The molecule has 8 heteroatoms. The van der Waals surface area contributed by atoms with E-state index in [1.165, 1.54) is 0 Å². The van der Waals surface area contributed by atoms with E-state index in [0.29, 0.717) is 49.1 Å². The van der Waals surface area contributed by atoms with E-state index in [1.54, 1.807) is 24.3 Å². The number of esters is 1. The van der Waals surface area contributed by atoms with Gasteiger partial charge in [-0.2, -0.15) is 4.89 Å². The molecular weight excluding hydrogens is 524 g/mol. The number of epoxide rings is 2. The maximum atomic E-state index is 12.7. The first-order valence-electron chi connectivity index (χ1n) is 13.6. The molecule has 0 spiro atoms. The minimum absolute atomic E-state index is 0.181. The van der Waals surface area contributed by atoms with Gasteiger partial charge in [0.15, 0.2) is 5.75 Å². The molecule has 0 amide bonds. The van der Waals surface area contributed by atoms with Gasteiger partial charge >= 0.3 is 5.97 Å². The Morgan fingerprint density at radius 3 is 1.83 bits per heavy atom. The molecule has 0 saturated carbocycles. The SMILES string of the molecule is O=C(Oc1ccc2c(c1)Cc1cc(OOCc3ccc(OCC4CO4)cc3)ccc1-2)c1ccc(OCC2CO2)cc1. The number of hydrogen-bond acceptors (Lipinski definition) is 8. The van der Waals surface area contributed by atoms with E-state index in [9.17, 15) is 4.79 Å². The van der Waals surface area contributed by atoms with Crippen molar-refractivity contribution in [3.63, 3.8) is 0 Å². The van der Waals surface area contributed by atoms with Crippen LogP contribution < -0.4 is 19.1 Å².